The van der Waals surface area contributed by atoms with E-state index < -0.39 is 5.91 Å². The summed E-state index contributed by atoms with van der Waals surface area (Å²) in [5.41, 5.74) is 2.35. The van der Waals surface area contributed by atoms with Crippen LogP contribution in [0.4, 0.5) is 0 Å². The molecule has 2 rings (SSSR count). The summed E-state index contributed by atoms with van der Waals surface area (Å²) in [7, 11) is 0. The van der Waals surface area contributed by atoms with Gasteiger partial charge < -0.3 is 4.42 Å². The van der Waals surface area contributed by atoms with Crippen LogP contribution in [0.15, 0.2) is 33.7 Å². The van der Waals surface area contributed by atoms with Crippen molar-refractivity contribution in [1.82, 2.24) is 15.0 Å². The topological polar surface area (TPSA) is 103 Å². The van der Waals surface area contributed by atoms with E-state index in [-0.39, 0.29) is 11.4 Å². The molecule has 7 heteroatoms. The van der Waals surface area contributed by atoms with Crippen molar-refractivity contribution in [3.8, 4) is 0 Å². The normalized spacial score (nSPS) is 10.3. The highest BCUT2D eigenvalue weighted by molar-refractivity contribution is 5.91. The van der Waals surface area contributed by atoms with E-state index in [9.17, 15) is 9.59 Å². The lowest BCUT2D eigenvalue weighted by Crippen LogP contribution is -2.29. The largest absolute Gasteiger partial charge is 0.456 e. The Morgan fingerprint density at radius 1 is 1.61 bits per heavy atom. The van der Waals surface area contributed by atoms with Crippen LogP contribution in [0.1, 0.15) is 21.9 Å². The number of nitrogens with one attached hydrogen (secondary N) is 1. The van der Waals surface area contributed by atoms with Crippen molar-refractivity contribution in [3.05, 3.63) is 52.1 Å². The van der Waals surface area contributed by atoms with Crippen LogP contribution in [0.2, 0.25) is 0 Å². The van der Waals surface area contributed by atoms with Gasteiger partial charge in [0.05, 0.1) is 6.54 Å². The molecule has 0 radical (unpaired) electrons. The predicted molar refractivity (Wildman–Crippen MR) is 62.7 cm³/mol. The smallest absolute Gasteiger partial charge is 0.347 e. The fourth-order valence-corrected chi connectivity index (χ4v) is 1.55. The third-order valence-electron chi connectivity index (χ3n) is 2.50. The summed E-state index contributed by atoms with van der Waals surface area (Å²) < 4.78 is 6.67. The number of aromatic nitrogens is 2. The van der Waals surface area contributed by atoms with Crippen LogP contribution >= 0.6 is 0 Å². The molecule has 0 aliphatic heterocycles. The molecule has 2 heterocycles. The minimum atomic E-state index is -0.511. The van der Waals surface area contributed by atoms with Gasteiger partial charge in [0.15, 0.2) is 5.76 Å². The van der Waals surface area contributed by atoms with E-state index >= 15 is 0 Å². The lowest BCUT2D eigenvalue weighted by Gasteiger charge is -2.01. The van der Waals surface area contributed by atoms with Gasteiger partial charge in [0.1, 0.15) is 5.76 Å². The number of hydrazine groups is 1. The summed E-state index contributed by atoms with van der Waals surface area (Å²) in [6, 6.07) is 3.21. The zero-order chi connectivity index (χ0) is 13.1. The van der Waals surface area contributed by atoms with Crippen molar-refractivity contribution in [1.29, 1.82) is 0 Å². The van der Waals surface area contributed by atoms with Crippen molar-refractivity contribution >= 4 is 5.91 Å². The Morgan fingerprint density at radius 3 is 3.06 bits per heavy atom. The van der Waals surface area contributed by atoms with Crippen molar-refractivity contribution in [2.45, 2.75) is 13.5 Å². The number of furan rings is 1. The first-order chi connectivity index (χ1) is 8.61. The van der Waals surface area contributed by atoms with Gasteiger partial charge in [0, 0.05) is 18.0 Å². The average molecular weight is 248 g/mol. The fraction of sp³-hybridized carbons (Fsp3) is 0.182. The molecule has 18 heavy (non-hydrogen) atoms. The van der Waals surface area contributed by atoms with E-state index in [0.717, 1.165) is 5.56 Å². The molecule has 7 nitrogen and oxygen atoms in total. The van der Waals surface area contributed by atoms with Crippen LogP contribution in [-0.4, -0.2) is 15.5 Å². The number of carbonyl (C=O) groups is 1. The zero-order valence-electron chi connectivity index (χ0n) is 9.71. The number of aryl methyl sites for hydroxylation is 1. The van der Waals surface area contributed by atoms with Crippen LogP contribution in [-0.2, 0) is 6.54 Å². The Hall–Kier alpha value is -2.41. The maximum absolute atomic E-state index is 11.5. The number of hydrogen-bond donors (Lipinski definition) is 2. The van der Waals surface area contributed by atoms with Gasteiger partial charge in [-0.05, 0) is 19.1 Å². The van der Waals surface area contributed by atoms with Crippen molar-refractivity contribution in [2.24, 2.45) is 5.84 Å². The number of rotatable bonds is 3. The highest BCUT2D eigenvalue weighted by atomic mass is 16.4. The molecule has 0 spiro atoms. The van der Waals surface area contributed by atoms with Gasteiger partial charge in [-0.1, -0.05) is 0 Å². The molecule has 0 aromatic carbocycles. The Morgan fingerprint density at radius 2 is 2.39 bits per heavy atom. The van der Waals surface area contributed by atoms with Gasteiger partial charge in [0.25, 0.3) is 0 Å². The first-order valence-corrected chi connectivity index (χ1v) is 5.23. The van der Waals surface area contributed by atoms with Crippen molar-refractivity contribution in [3.63, 3.8) is 0 Å². The summed E-state index contributed by atoms with van der Waals surface area (Å²) in [6.07, 6.45) is 3.04. The first-order valence-electron chi connectivity index (χ1n) is 5.23. The fourth-order valence-electron chi connectivity index (χ4n) is 1.55. The van der Waals surface area contributed by atoms with E-state index in [2.05, 4.69) is 4.98 Å². The summed E-state index contributed by atoms with van der Waals surface area (Å²) in [5, 5.41) is 0. The van der Waals surface area contributed by atoms with Crippen LogP contribution in [0.25, 0.3) is 0 Å². The number of hydrogen-bond acceptors (Lipinski definition) is 5. The van der Waals surface area contributed by atoms with Gasteiger partial charge in [-0.2, -0.15) is 0 Å². The number of amides is 1. The molecule has 0 aliphatic rings. The van der Waals surface area contributed by atoms with E-state index in [1.54, 1.807) is 25.3 Å². The lowest BCUT2D eigenvalue weighted by molar-refractivity contribution is 0.0924. The standard InChI is InChI=1S/C11H12N4O3/c1-7-8(5-9(18-7)10(16)14-12)6-15-4-2-3-13-11(15)17/h2-5H,6,12H2,1H3,(H,14,16). The third-order valence-corrected chi connectivity index (χ3v) is 2.50. The molecule has 94 valence electrons. The summed E-state index contributed by atoms with van der Waals surface area (Å²) in [6.45, 7) is 2.00. The van der Waals surface area contributed by atoms with Crippen LogP contribution in [0.3, 0.4) is 0 Å². The second-order valence-electron chi connectivity index (χ2n) is 3.70. The van der Waals surface area contributed by atoms with E-state index in [1.165, 1.54) is 10.8 Å². The molecule has 2 aromatic heterocycles. The lowest BCUT2D eigenvalue weighted by atomic mass is 10.2. The van der Waals surface area contributed by atoms with Gasteiger partial charge in [-0.25, -0.2) is 15.6 Å². The molecule has 0 bridgehead atoms. The summed E-state index contributed by atoms with van der Waals surface area (Å²) in [5.74, 6) is 5.18. The highest BCUT2D eigenvalue weighted by Crippen LogP contribution is 2.15. The Balaban J connectivity index is 2.30. The van der Waals surface area contributed by atoms with E-state index in [4.69, 9.17) is 10.3 Å². The second kappa shape index (κ2) is 4.84. The van der Waals surface area contributed by atoms with Gasteiger partial charge >= 0.3 is 11.6 Å². The third kappa shape index (κ3) is 2.30. The van der Waals surface area contributed by atoms with Crippen LogP contribution < -0.4 is 17.0 Å². The second-order valence-corrected chi connectivity index (χ2v) is 3.70. The Labute approximate surface area is 102 Å². The summed E-state index contributed by atoms with van der Waals surface area (Å²) >= 11 is 0. The van der Waals surface area contributed by atoms with E-state index in [0.29, 0.717) is 12.3 Å². The Bertz CT molecular complexity index is 629. The SMILES string of the molecule is Cc1oc(C(=O)NN)cc1Cn1cccnc1=O. The molecule has 3 N–H and O–H groups in total. The summed E-state index contributed by atoms with van der Waals surface area (Å²) in [4.78, 5) is 26.4. The van der Waals surface area contributed by atoms with Crippen molar-refractivity contribution in [2.75, 3.05) is 0 Å². The highest BCUT2D eigenvalue weighted by Gasteiger charge is 2.13. The number of nitrogen functional groups attached to an aromatic ring is 1. The number of carbonyl (C=O) groups excluding carboxylic acids is 1. The molecule has 0 atom stereocenters. The van der Waals surface area contributed by atoms with Gasteiger partial charge in [-0.3, -0.25) is 14.8 Å². The average Bonchev–Trinajstić information content (AvgIpc) is 2.73. The van der Waals surface area contributed by atoms with Gasteiger partial charge in [0.2, 0.25) is 0 Å². The maximum atomic E-state index is 11.5. The number of nitrogens with two attached hydrogens (primary N) is 1. The molecule has 1 amide bonds. The molecule has 2 aromatic rings. The van der Waals surface area contributed by atoms with Gasteiger partial charge in [-0.15, -0.1) is 0 Å². The van der Waals surface area contributed by atoms with Crippen LogP contribution in [0.5, 0.6) is 0 Å². The molecule has 0 saturated heterocycles. The quantitative estimate of drug-likeness (QED) is 0.444. The minimum absolute atomic E-state index is 0.113. The van der Waals surface area contributed by atoms with E-state index in [1.807, 2.05) is 5.43 Å². The zero-order valence-corrected chi connectivity index (χ0v) is 9.71. The molecule has 0 aliphatic carbocycles. The molecular formula is C11H12N4O3. The minimum Gasteiger partial charge on any atom is -0.456 e. The molecular weight excluding hydrogens is 236 g/mol. The predicted octanol–water partition coefficient (Wildman–Crippen LogP) is -0.203. The number of nitrogens with zero attached hydrogens (tertiary/aromatic N) is 2. The monoisotopic (exact) mass is 248 g/mol. The van der Waals surface area contributed by atoms with Crippen LogP contribution in [0, 0.1) is 6.92 Å². The molecule has 0 unspecified atom stereocenters. The molecule has 0 fully saturated rings. The maximum Gasteiger partial charge on any atom is 0.347 e. The molecule has 0 saturated carbocycles. The van der Waals surface area contributed by atoms with Crippen molar-refractivity contribution < 1.29 is 9.21 Å². The Kier molecular flexibility index (Phi) is 3.24. The first kappa shape index (κ1) is 12.1.